The number of carbonyl (C=O) groups is 1. The van der Waals surface area contributed by atoms with Crippen LogP contribution in [0.15, 0.2) is 24.3 Å². The lowest BCUT2D eigenvalue weighted by atomic mass is 9.83. The summed E-state index contributed by atoms with van der Waals surface area (Å²) in [6.07, 6.45) is 9.86. The third kappa shape index (κ3) is 9.11. The van der Waals surface area contributed by atoms with E-state index in [0.29, 0.717) is 12.2 Å². The summed E-state index contributed by atoms with van der Waals surface area (Å²) in [5.41, 5.74) is 2.56. The maximum absolute atomic E-state index is 13.4. The minimum atomic E-state index is -2.00. The molecule has 0 heterocycles. The predicted octanol–water partition coefficient (Wildman–Crippen LogP) is 11.0. The lowest BCUT2D eigenvalue weighted by Crippen LogP contribution is -2.44. The molecule has 39 heavy (non-hydrogen) atoms. The highest BCUT2D eigenvalue weighted by Gasteiger charge is 2.48. The van der Waals surface area contributed by atoms with Gasteiger partial charge in [-0.15, -0.1) is 0 Å². The first-order valence-corrected chi connectivity index (χ1v) is 21.7. The van der Waals surface area contributed by atoms with Gasteiger partial charge in [-0.05, 0) is 60.2 Å². The molecule has 4 atom stereocenters. The van der Waals surface area contributed by atoms with Crippen LogP contribution in [0.25, 0.3) is 0 Å². The van der Waals surface area contributed by atoms with Gasteiger partial charge in [-0.3, -0.25) is 4.79 Å². The molecular formula is C34H62O3Si2. The van der Waals surface area contributed by atoms with Gasteiger partial charge in [0.25, 0.3) is 0 Å². The van der Waals surface area contributed by atoms with Gasteiger partial charge >= 0.3 is 0 Å². The number of ketones is 1. The van der Waals surface area contributed by atoms with Crippen molar-refractivity contribution in [2.24, 2.45) is 5.92 Å². The van der Waals surface area contributed by atoms with Crippen molar-refractivity contribution < 1.29 is 13.6 Å². The molecule has 2 rings (SSSR count). The molecule has 3 nitrogen and oxygen atoms in total. The van der Waals surface area contributed by atoms with E-state index in [4.69, 9.17) is 8.85 Å². The Morgan fingerprint density at radius 3 is 1.87 bits per heavy atom. The molecule has 224 valence electrons. The first kappa shape index (κ1) is 34.4. The average molecular weight is 575 g/mol. The van der Waals surface area contributed by atoms with Crippen LogP contribution in [0, 0.1) is 5.92 Å². The van der Waals surface area contributed by atoms with Gasteiger partial charge in [0.1, 0.15) is 5.78 Å². The zero-order valence-electron chi connectivity index (χ0n) is 27.7. The van der Waals surface area contributed by atoms with Crippen molar-refractivity contribution in [1.82, 2.24) is 0 Å². The standard InChI is InChI=1S/C34H62O3Si2/c1-13-15-17-19-28-29(35)25-31(37-39(11,12)34(6,7)8)32(28)27-23-21-26(22-24-27)30(20-18-16-14-2)36-38(9,10)33(3,4)5/h21-24,28,30-32H,13-20,25H2,1-12H3/t28-,30?,31+,32+/m0/s1. The first-order chi connectivity index (χ1) is 17.9. The summed E-state index contributed by atoms with van der Waals surface area (Å²) in [6.45, 7) is 27.7. The summed E-state index contributed by atoms with van der Waals surface area (Å²) in [6, 6.07) is 9.20. The molecule has 1 fully saturated rings. The quantitative estimate of drug-likeness (QED) is 0.164. The second-order valence-corrected chi connectivity index (χ2v) is 24.8. The van der Waals surface area contributed by atoms with Gasteiger partial charge in [-0.2, -0.15) is 0 Å². The molecule has 1 aromatic rings. The number of carbonyl (C=O) groups excluding carboxylic acids is 1. The topological polar surface area (TPSA) is 35.5 Å². The van der Waals surface area contributed by atoms with E-state index in [1.54, 1.807) is 0 Å². The summed E-state index contributed by atoms with van der Waals surface area (Å²) in [5, 5.41) is 0.303. The number of rotatable bonds is 14. The minimum absolute atomic E-state index is 0.0142. The van der Waals surface area contributed by atoms with Crippen LogP contribution < -0.4 is 0 Å². The van der Waals surface area contributed by atoms with E-state index < -0.39 is 16.6 Å². The number of benzene rings is 1. The number of hydrogen-bond acceptors (Lipinski definition) is 3. The smallest absolute Gasteiger partial charge is 0.192 e. The molecule has 1 saturated carbocycles. The monoisotopic (exact) mass is 574 g/mol. The van der Waals surface area contributed by atoms with E-state index in [1.807, 2.05) is 0 Å². The van der Waals surface area contributed by atoms with Gasteiger partial charge in [0.05, 0.1) is 12.2 Å². The highest BCUT2D eigenvalue weighted by atomic mass is 28.4. The number of unbranched alkanes of at least 4 members (excludes halogenated alkanes) is 4. The van der Waals surface area contributed by atoms with Gasteiger partial charge < -0.3 is 8.85 Å². The lowest BCUT2D eigenvalue weighted by Gasteiger charge is -2.40. The van der Waals surface area contributed by atoms with Crippen LogP contribution in [0.3, 0.4) is 0 Å². The Morgan fingerprint density at radius 2 is 1.36 bits per heavy atom. The molecule has 0 aliphatic heterocycles. The Kier molecular flexibility index (Phi) is 12.3. The number of hydrogen-bond donors (Lipinski definition) is 0. The van der Waals surface area contributed by atoms with Gasteiger partial charge in [0.2, 0.25) is 0 Å². The molecule has 1 aromatic carbocycles. The van der Waals surface area contributed by atoms with Crippen molar-refractivity contribution in [3.8, 4) is 0 Å². The third-order valence-corrected chi connectivity index (χ3v) is 19.0. The van der Waals surface area contributed by atoms with Crippen LogP contribution >= 0.6 is 0 Å². The molecule has 0 saturated heterocycles. The molecule has 0 radical (unpaired) electrons. The van der Waals surface area contributed by atoms with Crippen molar-refractivity contribution in [1.29, 1.82) is 0 Å². The molecule has 0 amide bonds. The minimum Gasteiger partial charge on any atom is -0.413 e. The Labute approximate surface area is 244 Å². The summed E-state index contributed by atoms with van der Waals surface area (Å²) in [5.74, 6) is 0.626. The summed E-state index contributed by atoms with van der Waals surface area (Å²) >= 11 is 0. The summed E-state index contributed by atoms with van der Waals surface area (Å²) in [4.78, 5) is 13.4. The molecule has 0 N–H and O–H groups in total. The molecule has 1 aliphatic carbocycles. The van der Waals surface area contributed by atoms with E-state index in [-0.39, 0.29) is 34.1 Å². The molecule has 1 unspecified atom stereocenters. The normalized spacial score (nSPS) is 21.9. The predicted molar refractivity (Wildman–Crippen MR) is 174 cm³/mol. The highest BCUT2D eigenvalue weighted by Crippen LogP contribution is 2.47. The van der Waals surface area contributed by atoms with E-state index in [0.717, 1.165) is 19.3 Å². The van der Waals surface area contributed by atoms with Crippen LogP contribution in [0.4, 0.5) is 0 Å². The van der Waals surface area contributed by atoms with Gasteiger partial charge in [-0.25, -0.2) is 0 Å². The largest absolute Gasteiger partial charge is 0.413 e. The van der Waals surface area contributed by atoms with Crippen molar-refractivity contribution in [2.75, 3.05) is 0 Å². The van der Waals surface area contributed by atoms with Crippen LogP contribution in [0.1, 0.15) is 136 Å². The van der Waals surface area contributed by atoms with Gasteiger partial charge in [0.15, 0.2) is 16.6 Å². The molecule has 0 bridgehead atoms. The van der Waals surface area contributed by atoms with Crippen LogP contribution in [0.2, 0.25) is 36.3 Å². The highest BCUT2D eigenvalue weighted by molar-refractivity contribution is 6.74. The van der Waals surface area contributed by atoms with E-state index >= 15 is 0 Å². The van der Waals surface area contributed by atoms with Crippen LogP contribution in [-0.4, -0.2) is 28.5 Å². The van der Waals surface area contributed by atoms with E-state index in [2.05, 4.69) is 106 Å². The third-order valence-electron chi connectivity index (χ3n) is 10.0. The average Bonchev–Trinajstić information content (AvgIpc) is 3.11. The molecule has 0 spiro atoms. The molecule has 1 aliphatic rings. The second-order valence-electron chi connectivity index (χ2n) is 15.2. The van der Waals surface area contributed by atoms with E-state index in [9.17, 15) is 4.79 Å². The molecule has 5 heteroatoms. The van der Waals surface area contributed by atoms with E-state index in [1.165, 1.54) is 43.2 Å². The maximum atomic E-state index is 13.4. The Morgan fingerprint density at radius 1 is 0.821 bits per heavy atom. The summed E-state index contributed by atoms with van der Waals surface area (Å²) < 4.78 is 14.0. The van der Waals surface area contributed by atoms with Crippen molar-refractivity contribution in [3.63, 3.8) is 0 Å². The Balaban J connectivity index is 2.40. The number of Topliss-reactive ketones (excluding diaryl/α,β-unsaturated/α-hetero) is 1. The fraction of sp³-hybridized carbons (Fsp3) is 0.794. The fourth-order valence-corrected chi connectivity index (χ4v) is 8.01. The fourth-order valence-electron chi connectivity index (χ4n) is 5.35. The van der Waals surface area contributed by atoms with Crippen molar-refractivity contribution in [2.45, 2.75) is 168 Å². The molecule has 0 aromatic heterocycles. The van der Waals surface area contributed by atoms with Crippen LogP contribution in [0.5, 0.6) is 0 Å². The zero-order chi connectivity index (χ0) is 29.6. The maximum Gasteiger partial charge on any atom is 0.192 e. The first-order valence-electron chi connectivity index (χ1n) is 15.9. The Bertz CT molecular complexity index is 893. The SMILES string of the molecule is CCCCCC(O[Si](C)(C)C(C)(C)C)c1ccc([C@H]2[C@H](O[Si](C)(C)C(C)(C)C)CC(=O)[C@@H]2CCCCC)cc1. The van der Waals surface area contributed by atoms with Crippen molar-refractivity contribution in [3.05, 3.63) is 35.4 Å². The lowest BCUT2D eigenvalue weighted by molar-refractivity contribution is -0.121. The second kappa shape index (κ2) is 13.9. The Hall–Kier alpha value is -0.756. The van der Waals surface area contributed by atoms with Gasteiger partial charge in [0, 0.05) is 18.3 Å². The molecular weight excluding hydrogens is 513 g/mol. The zero-order valence-corrected chi connectivity index (χ0v) is 29.7. The summed E-state index contributed by atoms with van der Waals surface area (Å²) in [7, 11) is -3.91. The van der Waals surface area contributed by atoms with Gasteiger partial charge in [-0.1, -0.05) is 118 Å². The van der Waals surface area contributed by atoms with Crippen LogP contribution in [-0.2, 0) is 13.6 Å². The van der Waals surface area contributed by atoms with Crippen molar-refractivity contribution >= 4 is 22.4 Å².